The van der Waals surface area contributed by atoms with Crippen LogP contribution < -0.4 is 10.1 Å². The molecule has 1 N–H and O–H groups in total. The Balaban J connectivity index is 1.79. The molecule has 5 nitrogen and oxygen atoms in total. The van der Waals surface area contributed by atoms with Crippen LogP contribution in [-0.2, 0) is 14.3 Å². The van der Waals surface area contributed by atoms with Crippen molar-refractivity contribution >= 4 is 11.9 Å². The molecule has 0 unspecified atom stereocenters. The van der Waals surface area contributed by atoms with Gasteiger partial charge in [0.1, 0.15) is 5.75 Å². The minimum Gasteiger partial charge on any atom is -0.482 e. The van der Waals surface area contributed by atoms with Gasteiger partial charge in [0, 0.05) is 0 Å². The zero-order valence-electron chi connectivity index (χ0n) is 16.4. The van der Waals surface area contributed by atoms with Crippen LogP contribution in [0.15, 0.2) is 42.5 Å². The Labute approximate surface area is 160 Å². The van der Waals surface area contributed by atoms with E-state index < -0.39 is 5.97 Å². The molecule has 0 fully saturated rings. The number of nitrogens with one attached hydrogen (secondary N) is 1. The Hall–Kier alpha value is -2.82. The smallest absolute Gasteiger partial charge is 0.344 e. The maximum atomic E-state index is 12.1. The molecule has 5 heteroatoms. The van der Waals surface area contributed by atoms with Crippen molar-refractivity contribution in [1.29, 1.82) is 0 Å². The van der Waals surface area contributed by atoms with E-state index in [-0.39, 0.29) is 25.2 Å². The summed E-state index contributed by atoms with van der Waals surface area (Å²) in [5, 5.41) is 2.89. The highest BCUT2D eigenvalue weighted by Crippen LogP contribution is 2.20. The maximum Gasteiger partial charge on any atom is 0.344 e. The topological polar surface area (TPSA) is 64.6 Å². The molecule has 0 heterocycles. The fraction of sp³-hybridized carbons (Fsp3) is 0.364. The van der Waals surface area contributed by atoms with E-state index in [9.17, 15) is 9.59 Å². The largest absolute Gasteiger partial charge is 0.482 e. The van der Waals surface area contributed by atoms with Gasteiger partial charge in [-0.25, -0.2) is 4.79 Å². The Morgan fingerprint density at radius 3 is 2.37 bits per heavy atom. The minimum absolute atomic E-state index is 0.108. The molecule has 0 aliphatic carbocycles. The van der Waals surface area contributed by atoms with Gasteiger partial charge in [0.05, 0.1) is 6.04 Å². The highest BCUT2D eigenvalue weighted by Gasteiger charge is 2.15. The van der Waals surface area contributed by atoms with Crippen LogP contribution in [0.25, 0.3) is 0 Å². The van der Waals surface area contributed by atoms with Crippen LogP contribution in [0.2, 0.25) is 0 Å². The maximum absolute atomic E-state index is 12.1. The number of carbonyl (C=O) groups is 2. The minimum atomic E-state index is -0.575. The molecule has 0 aliphatic heterocycles. The van der Waals surface area contributed by atoms with Crippen molar-refractivity contribution in [2.45, 2.75) is 40.2 Å². The summed E-state index contributed by atoms with van der Waals surface area (Å²) in [6, 6.07) is 13.5. The summed E-state index contributed by atoms with van der Waals surface area (Å²) in [5.74, 6) is -0.265. The number of benzene rings is 2. The van der Waals surface area contributed by atoms with E-state index in [1.807, 2.05) is 64.1 Å². The van der Waals surface area contributed by atoms with Gasteiger partial charge in [0.15, 0.2) is 13.2 Å². The van der Waals surface area contributed by atoms with Crippen LogP contribution in [-0.4, -0.2) is 25.1 Å². The number of hydrogen-bond acceptors (Lipinski definition) is 4. The Bertz CT molecular complexity index is 783. The van der Waals surface area contributed by atoms with E-state index in [1.54, 1.807) is 6.07 Å². The Morgan fingerprint density at radius 2 is 1.70 bits per heavy atom. The molecule has 0 radical (unpaired) electrons. The molecule has 0 bridgehead atoms. The first-order chi connectivity index (χ1) is 12.9. The average Bonchev–Trinajstić information content (AvgIpc) is 2.66. The van der Waals surface area contributed by atoms with Crippen molar-refractivity contribution in [3.63, 3.8) is 0 Å². The third kappa shape index (κ3) is 6.13. The van der Waals surface area contributed by atoms with E-state index >= 15 is 0 Å². The molecule has 144 valence electrons. The van der Waals surface area contributed by atoms with Gasteiger partial charge in [-0.05, 0) is 49.9 Å². The zero-order chi connectivity index (χ0) is 19.8. The second kappa shape index (κ2) is 9.76. The molecule has 0 aromatic heterocycles. The van der Waals surface area contributed by atoms with Crippen molar-refractivity contribution in [1.82, 2.24) is 5.32 Å². The predicted molar refractivity (Wildman–Crippen MR) is 105 cm³/mol. The third-order valence-electron chi connectivity index (χ3n) is 4.49. The normalized spacial score (nSPS) is 11.6. The van der Waals surface area contributed by atoms with Gasteiger partial charge in [-0.15, -0.1) is 0 Å². The van der Waals surface area contributed by atoms with Crippen molar-refractivity contribution in [2.75, 3.05) is 13.2 Å². The van der Waals surface area contributed by atoms with Gasteiger partial charge in [0.25, 0.3) is 5.91 Å². The lowest BCUT2D eigenvalue weighted by molar-refractivity contribution is -0.150. The van der Waals surface area contributed by atoms with E-state index in [2.05, 4.69) is 5.32 Å². The van der Waals surface area contributed by atoms with E-state index in [4.69, 9.17) is 9.47 Å². The van der Waals surface area contributed by atoms with Gasteiger partial charge in [-0.3, -0.25) is 4.79 Å². The summed E-state index contributed by atoms with van der Waals surface area (Å²) < 4.78 is 10.5. The second-order valence-electron chi connectivity index (χ2n) is 6.59. The summed E-state index contributed by atoms with van der Waals surface area (Å²) in [6.45, 7) is 7.37. The fourth-order valence-corrected chi connectivity index (χ4v) is 2.66. The first-order valence-electron chi connectivity index (χ1n) is 9.11. The number of carbonyl (C=O) groups excluding carboxylic acids is 2. The third-order valence-corrected chi connectivity index (χ3v) is 4.49. The molecular formula is C22H27NO4. The highest BCUT2D eigenvalue weighted by atomic mass is 16.6. The molecular weight excluding hydrogens is 342 g/mol. The van der Waals surface area contributed by atoms with Gasteiger partial charge in [0.2, 0.25) is 0 Å². The zero-order valence-corrected chi connectivity index (χ0v) is 16.4. The van der Waals surface area contributed by atoms with Crippen LogP contribution in [0.1, 0.15) is 41.6 Å². The van der Waals surface area contributed by atoms with Crippen LogP contribution in [0, 0.1) is 20.8 Å². The quantitative estimate of drug-likeness (QED) is 0.719. The summed E-state index contributed by atoms with van der Waals surface area (Å²) >= 11 is 0. The SMILES string of the molecule is CC[C@@H](NC(=O)COC(=O)COc1cccc(C)c1C)c1ccc(C)cc1. The number of esters is 1. The van der Waals surface area contributed by atoms with E-state index in [1.165, 1.54) is 0 Å². The first kappa shape index (κ1) is 20.5. The molecule has 2 rings (SSSR count). The average molecular weight is 369 g/mol. The summed E-state index contributed by atoms with van der Waals surface area (Å²) in [7, 11) is 0. The standard InChI is InChI=1S/C22H27NO4/c1-5-19(18-11-9-15(2)10-12-18)23-21(24)13-27-22(25)14-26-20-8-6-7-16(3)17(20)4/h6-12,19H,5,13-14H2,1-4H3,(H,23,24)/t19-/m1/s1. The summed E-state index contributed by atoms with van der Waals surface area (Å²) in [6.07, 6.45) is 0.749. The molecule has 2 aromatic rings. The lowest BCUT2D eigenvalue weighted by Crippen LogP contribution is -2.33. The molecule has 2 aromatic carbocycles. The van der Waals surface area contributed by atoms with Gasteiger partial charge in [-0.2, -0.15) is 0 Å². The number of ether oxygens (including phenoxy) is 2. The van der Waals surface area contributed by atoms with Crippen molar-refractivity contribution in [3.05, 3.63) is 64.7 Å². The molecule has 1 amide bonds. The molecule has 0 aliphatic rings. The van der Waals surface area contributed by atoms with Crippen molar-refractivity contribution < 1.29 is 19.1 Å². The molecule has 0 spiro atoms. The van der Waals surface area contributed by atoms with Crippen LogP contribution in [0.3, 0.4) is 0 Å². The first-order valence-corrected chi connectivity index (χ1v) is 9.11. The number of aryl methyl sites for hydroxylation is 2. The predicted octanol–water partition coefficient (Wildman–Crippen LogP) is 3.80. The molecule has 1 atom stereocenters. The number of amides is 1. The fourth-order valence-electron chi connectivity index (χ4n) is 2.66. The Morgan fingerprint density at radius 1 is 1.00 bits per heavy atom. The van der Waals surface area contributed by atoms with Crippen LogP contribution in [0.4, 0.5) is 0 Å². The lowest BCUT2D eigenvalue weighted by Gasteiger charge is -2.17. The summed E-state index contributed by atoms with van der Waals surface area (Å²) in [4.78, 5) is 24.0. The molecule has 27 heavy (non-hydrogen) atoms. The number of rotatable bonds is 8. The van der Waals surface area contributed by atoms with E-state index in [0.717, 1.165) is 28.7 Å². The summed E-state index contributed by atoms with van der Waals surface area (Å²) in [5.41, 5.74) is 4.26. The van der Waals surface area contributed by atoms with Crippen LogP contribution in [0.5, 0.6) is 5.75 Å². The van der Waals surface area contributed by atoms with Gasteiger partial charge >= 0.3 is 5.97 Å². The monoisotopic (exact) mass is 369 g/mol. The molecule has 0 saturated carbocycles. The van der Waals surface area contributed by atoms with E-state index in [0.29, 0.717) is 5.75 Å². The van der Waals surface area contributed by atoms with Gasteiger partial charge < -0.3 is 14.8 Å². The lowest BCUT2D eigenvalue weighted by atomic mass is 10.0. The Kier molecular flexibility index (Phi) is 7.41. The van der Waals surface area contributed by atoms with Crippen LogP contribution >= 0.6 is 0 Å². The highest BCUT2D eigenvalue weighted by molar-refractivity contribution is 5.81. The van der Waals surface area contributed by atoms with Crippen molar-refractivity contribution in [3.8, 4) is 5.75 Å². The molecule has 0 saturated heterocycles. The van der Waals surface area contributed by atoms with Gasteiger partial charge in [-0.1, -0.05) is 48.9 Å². The number of hydrogen-bond donors (Lipinski definition) is 1. The van der Waals surface area contributed by atoms with Crippen molar-refractivity contribution in [2.24, 2.45) is 0 Å². The second-order valence-corrected chi connectivity index (χ2v) is 6.59.